The Kier molecular flexibility index (Phi) is 8.05. The van der Waals surface area contributed by atoms with Crippen molar-refractivity contribution in [2.75, 3.05) is 40.1 Å². The molecular weight excluding hydrogens is 580 g/mol. The summed E-state index contributed by atoms with van der Waals surface area (Å²) >= 11 is 0. The number of allylic oxidation sites excluding steroid dienone is 1. The van der Waals surface area contributed by atoms with Gasteiger partial charge in [0.05, 0.1) is 18.2 Å². The topological polar surface area (TPSA) is 194 Å². The number of Topliss-reactive ketones (excluding diaryl/α,β-unsaturated/α-hetero) is 2. The lowest BCUT2D eigenvalue weighted by Gasteiger charge is -2.50. The number of aliphatic hydroxyl groups excluding tert-OH is 2. The number of hydrogen-bond acceptors (Lipinski definition) is 10. The Morgan fingerprint density at radius 1 is 1.02 bits per heavy atom. The zero-order valence-electron chi connectivity index (χ0n) is 25.2. The largest absolute Gasteiger partial charge is 0.510 e. The molecule has 4 atom stereocenters. The molecule has 3 aliphatic carbocycles. The summed E-state index contributed by atoms with van der Waals surface area (Å²) in [5.41, 5.74) is 3.61. The van der Waals surface area contributed by atoms with Crippen LogP contribution in [-0.4, -0.2) is 100.0 Å². The third kappa shape index (κ3) is 5.25. The van der Waals surface area contributed by atoms with Gasteiger partial charge >= 0.3 is 0 Å². The van der Waals surface area contributed by atoms with Crippen molar-refractivity contribution in [2.24, 2.45) is 17.6 Å². The molecule has 3 aliphatic rings. The Morgan fingerprint density at radius 3 is 2.29 bits per heavy atom. The van der Waals surface area contributed by atoms with Gasteiger partial charge in [-0.3, -0.25) is 24.1 Å². The minimum atomic E-state index is -2.70. The van der Waals surface area contributed by atoms with Crippen LogP contribution in [-0.2, 0) is 20.8 Å². The van der Waals surface area contributed by atoms with Crippen LogP contribution in [0.1, 0.15) is 33.5 Å². The Labute approximate surface area is 259 Å². The molecule has 0 bridgehead atoms. The highest BCUT2D eigenvalue weighted by atomic mass is 16.3. The Bertz CT molecular complexity index is 1760. The quantitative estimate of drug-likeness (QED) is 0.209. The predicted octanol–water partition coefficient (Wildman–Crippen LogP) is 1.02. The Hall–Kier alpha value is -4.96. The van der Waals surface area contributed by atoms with Gasteiger partial charge in [0.15, 0.2) is 11.4 Å². The third-order valence-electron chi connectivity index (χ3n) is 8.58. The number of carbonyl (C=O) groups is 4. The number of primary amides is 1. The van der Waals surface area contributed by atoms with Crippen LogP contribution in [0.3, 0.4) is 0 Å². The number of carbonyl (C=O) groups excluding carboxylic acids is 4. The van der Waals surface area contributed by atoms with Gasteiger partial charge in [0.25, 0.3) is 5.91 Å². The van der Waals surface area contributed by atoms with Crippen LogP contribution in [0, 0.1) is 23.7 Å². The van der Waals surface area contributed by atoms with Gasteiger partial charge in [0.2, 0.25) is 11.7 Å². The van der Waals surface area contributed by atoms with Crippen LogP contribution in [0.15, 0.2) is 59.1 Å². The minimum absolute atomic E-state index is 0.0186. The van der Waals surface area contributed by atoms with Gasteiger partial charge in [0.1, 0.15) is 22.8 Å². The molecule has 0 spiro atoms. The fraction of sp³-hybridized carbons (Fsp3) is 0.333. The van der Waals surface area contributed by atoms with Gasteiger partial charge in [-0.2, -0.15) is 0 Å². The molecule has 45 heavy (non-hydrogen) atoms. The molecule has 4 unspecified atom stereocenters. The van der Waals surface area contributed by atoms with Gasteiger partial charge in [-0.1, -0.05) is 11.8 Å². The Morgan fingerprint density at radius 2 is 1.69 bits per heavy atom. The number of nitrogens with zero attached hydrogens (tertiary/aromatic N) is 2. The number of phenols is 1. The molecule has 0 saturated carbocycles. The lowest BCUT2D eigenvalue weighted by atomic mass is 9.58. The maximum absolute atomic E-state index is 13.9. The molecule has 0 radical (unpaired) electrons. The zero-order valence-corrected chi connectivity index (χ0v) is 25.2. The average molecular weight is 615 g/mol. The number of amides is 2. The van der Waals surface area contributed by atoms with Crippen LogP contribution in [0.5, 0.6) is 5.75 Å². The number of aliphatic hydroxyl groups is 3. The molecule has 2 amide bonds. The molecule has 7 N–H and O–H groups in total. The van der Waals surface area contributed by atoms with Crippen LogP contribution < -0.4 is 11.1 Å². The molecular formula is C33H34N4O8. The van der Waals surface area contributed by atoms with Gasteiger partial charge in [0, 0.05) is 28.3 Å². The summed E-state index contributed by atoms with van der Waals surface area (Å²) in [4.78, 5) is 54.7. The van der Waals surface area contributed by atoms with E-state index < -0.39 is 58.0 Å². The predicted molar refractivity (Wildman–Crippen MR) is 163 cm³/mol. The van der Waals surface area contributed by atoms with Crippen LogP contribution >= 0.6 is 0 Å². The van der Waals surface area contributed by atoms with Crippen molar-refractivity contribution in [3.8, 4) is 17.6 Å². The van der Waals surface area contributed by atoms with Crippen molar-refractivity contribution in [1.82, 2.24) is 9.80 Å². The second-order valence-electron chi connectivity index (χ2n) is 12.1. The fourth-order valence-electron chi connectivity index (χ4n) is 6.63. The number of hydrogen-bond donors (Lipinski definition) is 6. The highest BCUT2D eigenvalue weighted by molar-refractivity contribution is 6.24. The molecule has 2 aromatic rings. The summed E-state index contributed by atoms with van der Waals surface area (Å²) in [5.74, 6) is -1.13. The Balaban J connectivity index is 1.53. The number of phenolic OH excluding ortho intramolecular Hbond substituents is 1. The van der Waals surface area contributed by atoms with Gasteiger partial charge in [-0.15, -0.1) is 0 Å². The summed E-state index contributed by atoms with van der Waals surface area (Å²) in [5, 5.41) is 47.6. The van der Waals surface area contributed by atoms with E-state index in [0.29, 0.717) is 22.4 Å². The monoisotopic (exact) mass is 614 g/mol. The summed E-state index contributed by atoms with van der Waals surface area (Å²) in [6.07, 6.45) is 0.110. The molecule has 0 fully saturated rings. The first kappa shape index (κ1) is 31.5. The molecule has 12 heteroatoms. The second-order valence-corrected chi connectivity index (χ2v) is 12.1. The second kappa shape index (κ2) is 11.5. The lowest BCUT2D eigenvalue weighted by Crippen LogP contribution is -2.63. The molecule has 234 valence electrons. The number of fused-ring (bicyclic) bond motifs is 3. The van der Waals surface area contributed by atoms with E-state index in [1.165, 1.54) is 11.0 Å². The van der Waals surface area contributed by atoms with Crippen LogP contribution in [0.4, 0.5) is 5.69 Å². The van der Waals surface area contributed by atoms with Crippen LogP contribution in [0.2, 0.25) is 0 Å². The van der Waals surface area contributed by atoms with Crippen molar-refractivity contribution >= 4 is 29.1 Å². The highest BCUT2D eigenvalue weighted by Crippen LogP contribution is 2.52. The molecule has 0 aromatic heterocycles. The number of rotatable bonds is 5. The first-order chi connectivity index (χ1) is 21.2. The summed E-state index contributed by atoms with van der Waals surface area (Å²) in [7, 11) is 6.73. The third-order valence-corrected chi connectivity index (χ3v) is 8.58. The summed E-state index contributed by atoms with van der Waals surface area (Å²) in [6, 6.07) is 8.72. The number of nitrogens with two attached hydrogens (primary N) is 1. The molecule has 12 nitrogen and oxygen atoms in total. The van der Waals surface area contributed by atoms with Crippen molar-refractivity contribution in [2.45, 2.75) is 24.5 Å². The van der Waals surface area contributed by atoms with Crippen LogP contribution in [0.25, 0.3) is 0 Å². The van der Waals surface area contributed by atoms with Gasteiger partial charge in [-0.25, -0.2) is 0 Å². The molecule has 0 saturated heterocycles. The van der Waals surface area contributed by atoms with E-state index in [1.54, 1.807) is 63.4 Å². The zero-order chi connectivity index (χ0) is 33.0. The number of anilines is 1. The normalized spacial score (nSPS) is 24.1. The average Bonchev–Trinajstić information content (AvgIpc) is 2.94. The highest BCUT2D eigenvalue weighted by Gasteiger charge is 2.63. The van der Waals surface area contributed by atoms with E-state index in [2.05, 4.69) is 17.2 Å². The first-order valence-corrected chi connectivity index (χ1v) is 14.2. The van der Waals surface area contributed by atoms with Crippen molar-refractivity contribution in [3.05, 3.63) is 81.3 Å². The van der Waals surface area contributed by atoms with Gasteiger partial charge < -0.3 is 36.4 Å². The van der Waals surface area contributed by atoms with Crippen molar-refractivity contribution in [3.63, 3.8) is 0 Å². The number of likely N-dealkylation sites (N-methyl/N-ethyl adjacent to an activating group) is 2. The first-order valence-electron chi connectivity index (χ1n) is 14.2. The number of ketones is 2. The van der Waals surface area contributed by atoms with E-state index in [-0.39, 0.29) is 42.2 Å². The SMILES string of the molecule is CN(C)CC(=O)Nc1ccc(C#Cc2ccc(O)c3c2CC2CC4C(N(C)C)C(O)=C(C(N)=O)C(=O)C4(O)C(O)=C2C3=O)cc1. The number of aromatic hydroxyl groups is 1. The fourth-order valence-corrected chi connectivity index (χ4v) is 6.63. The molecule has 2 aromatic carbocycles. The van der Waals surface area contributed by atoms with E-state index in [1.807, 2.05) is 0 Å². The standard InChI is InChI=1S/C33H34N4O8/c1-36(2)15-23(39)35-19-10-6-16(7-11-19)5-8-17-9-12-22(38)25-20(17)13-18-14-21-27(37(3)4)29(41)26(32(34)44)31(43)33(21,45)30(42)24(18)28(25)40/h6-7,9-12,18,21,27,38,41-42,45H,13-15H2,1-4H3,(H2,34,44)(H,35,39). The maximum Gasteiger partial charge on any atom is 0.255 e. The number of benzene rings is 2. The molecule has 0 aliphatic heterocycles. The maximum atomic E-state index is 13.9. The van der Waals surface area contributed by atoms with E-state index in [9.17, 15) is 39.6 Å². The van der Waals surface area contributed by atoms with E-state index in [4.69, 9.17) is 5.73 Å². The van der Waals surface area contributed by atoms with Crippen molar-refractivity contribution < 1.29 is 39.6 Å². The smallest absolute Gasteiger partial charge is 0.255 e. The minimum Gasteiger partial charge on any atom is -0.510 e. The number of nitrogens with one attached hydrogen (secondary N) is 1. The molecule has 5 rings (SSSR count). The summed E-state index contributed by atoms with van der Waals surface area (Å²) in [6.45, 7) is 0.236. The lowest BCUT2D eigenvalue weighted by molar-refractivity contribution is -0.148. The molecule has 0 heterocycles. The summed E-state index contributed by atoms with van der Waals surface area (Å²) < 4.78 is 0. The van der Waals surface area contributed by atoms with E-state index in [0.717, 1.165) is 0 Å². The van der Waals surface area contributed by atoms with Crippen molar-refractivity contribution in [1.29, 1.82) is 0 Å². The van der Waals surface area contributed by atoms with Gasteiger partial charge in [-0.05, 0) is 88.9 Å². The van der Waals surface area contributed by atoms with E-state index >= 15 is 0 Å².